The maximum atomic E-state index is 12.6. The van der Waals surface area contributed by atoms with Crippen LogP contribution in [0, 0.1) is 5.92 Å². The molecule has 2 aromatic rings. The molecule has 1 amide bonds. The van der Waals surface area contributed by atoms with Gasteiger partial charge in [-0.2, -0.15) is 0 Å². The first-order valence-electron chi connectivity index (χ1n) is 9.63. The maximum absolute atomic E-state index is 12.6. The molecule has 1 saturated heterocycles. The van der Waals surface area contributed by atoms with Crippen molar-refractivity contribution < 1.29 is 4.79 Å². The van der Waals surface area contributed by atoms with E-state index >= 15 is 0 Å². The largest absolute Gasteiger partial charge is 0.352 e. The zero-order valence-electron chi connectivity index (χ0n) is 15.2. The normalized spacial score (nSPS) is 23.0. The number of piperidine rings is 1. The number of aromatic amines is 1. The lowest BCUT2D eigenvalue weighted by atomic mass is 9.89. The molecule has 26 heavy (non-hydrogen) atoms. The number of fused-ring (bicyclic) bond motifs is 3. The second-order valence-electron chi connectivity index (χ2n) is 7.66. The molecule has 7 heteroatoms. The molecule has 2 aromatic heterocycles. The van der Waals surface area contributed by atoms with Crippen molar-refractivity contribution in [2.45, 2.75) is 57.9 Å². The molecule has 3 heterocycles. The average Bonchev–Trinajstić information content (AvgIpc) is 2.98. The fraction of sp³-hybridized carbons (Fsp3) is 0.632. The van der Waals surface area contributed by atoms with E-state index in [4.69, 9.17) is 0 Å². The molecule has 2 aliphatic rings. The number of carbonyl (C=O) groups is 1. The molecule has 6 nitrogen and oxygen atoms in total. The van der Waals surface area contributed by atoms with Crippen LogP contribution < -0.4 is 16.2 Å². The first-order chi connectivity index (χ1) is 12.6. The van der Waals surface area contributed by atoms with Crippen LogP contribution in [-0.4, -0.2) is 35.0 Å². The van der Waals surface area contributed by atoms with Gasteiger partial charge in [-0.1, -0.05) is 6.92 Å². The molecule has 0 spiro atoms. The summed E-state index contributed by atoms with van der Waals surface area (Å²) in [7, 11) is 0. The number of aromatic nitrogens is 2. The Balaban J connectivity index is 1.45. The number of rotatable bonds is 4. The summed E-state index contributed by atoms with van der Waals surface area (Å²) < 4.78 is 0. The van der Waals surface area contributed by atoms with Crippen LogP contribution in [0.1, 0.15) is 48.9 Å². The summed E-state index contributed by atoms with van der Waals surface area (Å²) in [4.78, 5) is 34.5. The standard InChI is InChI=1S/C19H26N4O2S/c1-11-4-5-13-14(9-11)26-19-17(13)18(25)22-15(23-19)6-7-16(24)21-12-3-2-8-20-10-12/h11-12,20H,2-10H2,1H3,(H,21,24)(H,22,23,25). The maximum Gasteiger partial charge on any atom is 0.259 e. The van der Waals surface area contributed by atoms with Gasteiger partial charge in [0.1, 0.15) is 10.7 Å². The van der Waals surface area contributed by atoms with E-state index in [9.17, 15) is 9.59 Å². The van der Waals surface area contributed by atoms with Gasteiger partial charge < -0.3 is 15.6 Å². The molecular weight excluding hydrogens is 348 g/mol. The smallest absolute Gasteiger partial charge is 0.259 e. The fourth-order valence-electron chi connectivity index (χ4n) is 4.02. The molecule has 4 rings (SSSR count). The Morgan fingerprint density at radius 2 is 2.27 bits per heavy atom. The van der Waals surface area contributed by atoms with Crippen LogP contribution in [-0.2, 0) is 24.1 Å². The van der Waals surface area contributed by atoms with E-state index in [0.717, 1.165) is 55.4 Å². The lowest BCUT2D eigenvalue weighted by Gasteiger charge is -2.23. The third kappa shape index (κ3) is 3.69. The molecule has 1 aliphatic carbocycles. The predicted octanol–water partition coefficient (Wildman–Crippen LogP) is 1.91. The van der Waals surface area contributed by atoms with Crippen molar-refractivity contribution in [1.29, 1.82) is 0 Å². The number of nitrogens with zero attached hydrogens (tertiary/aromatic N) is 1. The lowest BCUT2D eigenvalue weighted by molar-refractivity contribution is -0.121. The average molecular weight is 375 g/mol. The second kappa shape index (κ2) is 7.48. The highest BCUT2D eigenvalue weighted by Crippen LogP contribution is 2.35. The van der Waals surface area contributed by atoms with Crippen LogP contribution in [0.4, 0.5) is 0 Å². The van der Waals surface area contributed by atoms with Gasteiger partial charge in [0.05, 0.1) is 5.39 Å². The van der Waals surface area contributed by atoms with Crippen LogP contribution in [0.15, 0.2) is 4.79 Å². The number of hydrogen-bond acceptors (Lipinski definition) is 5. The van der Waals surface area contributed by atoms with Gasteiger partial charge in [0, 0.05) is 30.3 Å². The Morgan fingerprint density at radius 1 is 1.38 bits per heavy atom. The van der Waals surface area contributed by atoms with E-state index in [-0.39, 0.29) is 17.5 Å². The minimum Gasteiger partial charge on any atom is -0.352 e. The molecule has 0 bridgehead atoms. The van der Waals surface area contributed by atoms with Gasteiger partial charge >= 0.3 is 0 Å². The molecule has 1 aliphatic heterocycles. The van der Waals surface area contributed by atoms with Gasteiger partial charge in [0.15, 0.2) is 0 Å². The number of thiophene rings is 1. The van der Waals surface area contributed by atoms with Crippen molar-refractivity contribution >= 4 is 27.5 Å². The van der Waals surface area contributed by atoms with Crippen molar-refractivity contribution in [3.8, 4) is 0 Å². The first-order valence-corrected chi connectivity index (χ1v) is 10.5. The van der Waals surface area contributed by atoms with Gasteiger partial charge in [-0.15, -0.1) is 11.3 Å². The fourth-order valence-corrected chi connectivity index (χ4v) is 5.42. The third-order valence-electron chi connectivity index (χ3n) is 5.47. The number of hydrogen-bond donors (Lipinski definition) is 3. The van der Waals surface area contributed by atoms with E-state index in [0.29, 0.717) is 24.6 Å². The van der Waals surface area contributed by atoms with E-state index in [2.05, 4.69) is 27.5 Å². The molecular formula is C19H26N4O2S. The van der Waals surface area contributed by atoms with E-state index in [1.807, 2.05) is 0 Å². The van der Waals surface area contributed by atoms with Crippen LogP contribution in [0.5, 0.6) is 0 Å². The Kier molecular flexibility index (Phi) is 5.09. The Morgan fingerprint density at radius 3 is 3.08 bits per heavy atom. The highest BCUT2D eigenvalue weighted by atomic mass is 32.1. The van der Waals surface area contributed by atoms with Crippen molar-refractivity contribution in [2.75, 3.05) is 13.1 Å². The third-order valence-corrected chi connectivity index (χ3v) is 6.61. The number of amides is 1. The quantitative estimate of drug-likeness (QED) is 0.763. The predicted molar refractivity (Wildman–Crippen MR) is 104 cm³/mol. The molecule has 0 aromatic carbocycles. The van der Waals surface area contributed by atoms with Crippen molar-refractivity contribution in [2.24, 2.45) is 5.92 Å². The van der Waals surface area contributed by atoms with Crippen LogP contribution in [0.2, 0.25) is 0 Å². The first kappa shape index (κ1) is 17.7. The Labute approximate surface area is 156 Å². The summed E-state index contributed by atoms with van der Waals surface area (Å²) in [6, 6.07) is 0.219. The van der Waals surface area contributed by atoms with Gasteiger partial charge in [0.2, 0.25) is 5.91 Å². The highest BCUT2D eigenvalue weighted by Gasteiger charge is 2.23. The molecule has 0 radical (unpaired) electrons. The monoisotopic (exact) mass is 374 g/mol. The molecule has 0 saturated carbocycles. The Bertz CT molecular complexity index is 866. The summed E-state index contributed by atoms with van der Waals surface area (Å²) in [6.07, 6.45) is 6.10. The van der Waals surface area contributed by atoms with Crippen LogP contribution in [0.3, 0.4) is 0 Å². The number of H-pyrrole nitrogens is 1. The summed E-state index contributed by atoms with van der Waals surface area (Å²) in [6.45, 7) is 4.13. The van der Waals surface area contributed by atoms with Gasteiger partial charge in [-0.3, -0.25) is 9.59 Å². The Hall–Kier alpha value is -1.73. The van der Waals surface area contributed by atoms with E-state index in [1.165, 1.54) is 10.4 Å². The lowest BCUT2D eigenvalue weighted by Crippen LogP contribution is -2.45. The zero-order valence-corrected chi connectivity index (χ0v) is 16.0. The van der Waals surface area contributed by atoms with Crippen LogP contribution >= 0.6 is 11.3 Å². The summed E-state index contributed by atoms with van der Waals surface area (Å²) in [5.41, 5.74) is 1.15. The summed E-state index contributed by atoms with van der Waals surface area (Å²) >= 11 is 1.65. The van der Waals surface area contributed by atoms with E-state index in [1.54, 1.807) is 11.3 Å². The minimum atomic E-state index is -0.0473. The van der Waals surface area contributed by atoms with Gasteiger partial charge in [-0.25, -0.2) is 4.98 Å². The number of carbonyl (C=O) groups excluding carboxylic acids is 1. The molecule has 3 N–H and O–H groups in total. The summed E-state index contributed by atoms with van der Waals surface area (Å²) in [5, 5.41) is 7.14. The minimum absolute atomic E-state index is 0.0285. The van der Waals surface area contributed by atoms with Crippen molar-refractivity contribution in [3.63, 3.8) is 0 Å². The van der Waals surface area contributed by atoms with Crippen molar-refractivity contribution in [3.05, 3.63) is 26.6 Å². The molecule has 2 atom stereocenters. The molecule has 1 fully saturated rings. The summed E-state index contributed by atoms with van der Waals surface area (Å²) in [5.74, 6) is 1.32. The SMILES string of the molecule is CC1CCc2c(sc3nc(CCC(=O)NC4CCCNC4)[nH]c(=O)c23)C1. The zero-order chi connectivity index (χ0) is 18.1. The highest BCUT2D eigenvalue weighted by molar-refractivity contribution is 7.18. The van der Waals surface area contributed by atoms with E-state index < -0.39 is 0 Å². The molecule has 140 valence electrons. The molecule has 2 unspecified atom stereocenters. The van der Waals surface area contributed by atoms with Gasteiger partial charge in [0.25, 0.3) is 5.56 Å². The topological polar surface area (TPSA) is 86.9 Å². The second-order valence-corrected chi connectivity index (χ2v) is 8.74. The van der Waals surface area contributed by atoms with Gasteiger partial charge in [-0.05, 0) is 50.1 Å². The van der Waals surface area contributed by atoms with Crippen molar-refractivity contribution in [1.82, 2.24) is 20.6 Å². The number of nitrogens with one attached hydrogen (secondary N) is 3. The number of aryl methyl sites for hydroxylation is 2. The van der Waals surface area contributed by atoms with Crippen LogP contribution in [0.25, 0.3) is 10.2 Å².